The number of aliphatic hydroxyl groups is 1. The van der Waals surface area contributed by atoms with Gasteiger partial charge >= 0.3 is 0 Å². The molecule has 0 aromatic rings. The third-order valence-corrected chi connectivity index (χ3v) is 2.42. The van der Waals surface area contributed by atoms with E-state index < -0.39 is 11.5 Å². The molecule has 0 amide bonds. The van der Waals surface area contributed by atoms with Gasteiger partial charge in [0.25, 0.3) is 0 Å². The van der Waals surface area contributed by atoms with Gasteiger partial charge in [0.05, 0.1) is 30.2 Å². The van der Waals surface area contributed by atoms with Gasteiger partial charge in [-0.3, -0.25) is 0 Å². The number of ether oxygens (including phenoxy) is 1. The minimum Gasteiger partial charge on any atom is -0.389 e. The van der Waals surface area contributed by atoms with E-state index in [-0.39, 0.29) is 18.8 Å². The summed E-state index contributed by atoms with van der Waals surface area (Å²) >= 11 is 5.80. The Labute approximate surface area is 74.9 Å². The topological polar surface area (TPSA) is 78.2 Å². The van der Waals surface area contributed by atoms with Gasteiger partial charge in [0.2, 0.25) is 0 Å². The largest absolute Gasteiger partial charge is 0.389 e. The summed E-state index contributed by atoms with van der Waals surface area (Å²) in [6.45, 7) is 1.90. The van der Waals surface area contributed by atoms with Crippen molar-refractivity contribution in [1.29, 1.82) is 0 Å². The van der Waals surface area contributed by atoms with Crippen LogP contribution in [-0.2, 0) is 4.74 Å². The maximum atomic E-state index is 9.34. The molecule has 1 aliphatic rings. The van der Waals surface area contributed by atoms with Crippen molar-refractivity contribution >= 4 is 11.6 Å². The Bertz CT molecular complexity index is 207. The molecule has 0 radical (unpaired) electrons. The molecule has 12 heavy (non-hydrogen) atoms. The van der Waals surface area contributed by atoms with Crippen LogP contribution in [0.2, 0.25) is 0 Å². The summed E-state index contributed by atoms with van der Waals surface area (Å²) in [5.41, 5.74) is 8.04. The lowest BCUT2D eigenvalue weighted by Gasteiger charge is -2.09. The third kappa shape index (κ3) is 1.81. The van der Waals surface area contributed by atoms with E-state index in [0.29, 0.717) is 0 Å². The first-order valence-electron chi connectivity index (χ1n) is 3.65. The number of nitrogens with zero attached hydrogens (tertiary/aromatic N) is 3. The molecule has 0 spiro atoms. The molecule has 1 heterocycles. The van der Waals surface area contributed by atoms with Crippen molar-refractivity contribution in [2.24, 2.45) is 5.11 Å². The molecule has 6 heteroatoms. The lowest BCUT2D eigenvalue weighted by molar-refractivity contribution is 0.0255. The Morgan fingerprint density at radius 3 is 2.83 bits per heavy atom. The second kappa shape index (κ2) is 3.96. The summed E-state index contributed by atoms with van der Waals surface area (Å²) in [4.78, 5) is 2.59. The van der Waals surface area contributed by atoms with Crippen LogP contribution >= 0.6 is 11.6 Å². The Morgan fingerprint density at radius 1 is 1.75 bits per heavy atom. The zero-order valence-electron chi connectivity index (χ0n) is 6.59. The number of hydrogen-bond acceptors (Lipinski definition) is 3. The number of alkyl halides is 1. The number of azide groups is 1. The summed E-state index contributed by atoms with van der Waals surface area (Å²) in [7, 11) is 0. The van der Waals surface area contributed by atoms with Crippen molar-refractivity contribution in [1.82, 2.24) is 0 Å². The fraction of sp³-hybridized carbons (Fsp3) is 1.00. The standard InChI is InChI=1S/C6H10ClN3O2/c1-3-6(11)5(7)4(12-3)2-9-10-8/h3-6,11H,2H2,1H3. The molecule has 4 unspecified atom stereocenters. The van der Waals surface area contributed by atoms with Crippen LogP contribution in [0.5, 0.6) is 0 Å². The summed E-state index contributed by atoms with van der Waals surface area (Å²) < 4.78 is 5.24. The first-order chi connectivity index (χ1) is 5.66. The molecule has 4 atom stereocenters. The van der Waals surface area contributed by atoms with Crippen molar-refractivity contribution in [3.63, 3.8) is 0 Å². The maximum absolute atomic E-state index is 9.34. The van der Waals surface area contributed by atoms with Gasteiger partial charge in [0, 0.05) is 4.91 Å². The first kappa shape index (κ1) is 9.61. The monoisotopic (exact) mass is 191 g/mol. The number of hydrogen-bond donors (Lipinski definition) is 1. The van der Waals surface area contributed by atoms with E-state index in [4.69, 9.17) is 21.9 Å². The van der Waals surface area contributed by atoms with Gasteiger partial charge in [0.1, 0.15) is 0 Å². The van der Waals surface area contributed by atoms with E-state index in [0.717, 1.165) is 0 Å². The van der Waals surface area contributed by atoms with Crippen LogP contribution in [0, 0.1) is 0 Å². The Kier molecular flexibility index (Phi) is 3.17. The number of halogens is 1. The average molecular weight is 192 g/mol. The highest BCUT2D eigenvalue weighted by atomic mass is 35.5. The highest BCUT2D eigenvalue weighted by Crippen LogP contribution is 2.25. The smallest absolute Gasteiger partial charge is 0.0987 e. The van der Waals surface area contributed by atoms with Gasteiger partial charge in [-0.05, 0) is 12.5 Å². The van der Waals surface area contributed by atoms with Gasteiger partial charge in [-0.25, -0.2) is 0 Å². The minimum atomic E-state index is -0.675. The molecule has 5 nitrogen and oxygen atoms in total. The second-order valence-electron chi connectivity index (χ2n) is 2.73. The molecule has 1 aliphatic heterocycles. The molecule has 1 fully saturated rings. The van der Waals surface area contributed by atoms with Crippen molar-refractivity contribution in [3.8, 4) is 0 Å². The summed E-state index contributed by atoms with van der Waals surface area (Å²) in [5, 5.41) is 12.2. The molecular formula is C6H10ClN3O2. The minimum absolute atomic E-state index is 0.173. The molecule has 1 N–H and O–H groups in total. The van der Waals surface area contributed by atoms with E-state index in [2.05, 4.69) is 10.0 Å². The molecule has 1 rings (SSSR count). The average Bonchev–Trinajstić information content (AvgIpc) is 2.30. The van der Waals surface area contributed by atoms with E-state index in [1.165, 1.54) is 0 Å². The summed E-state index contributed by atoms with van der Waals surface area (Å²) in [5.74, 6) is 0. The van der Waals surface area contributed by atoms with Gasteiger partial charge < -0.3 is 9.84 Å². The second-order valence-corrected chi connectivity index (χ2v) is 3.23. The molecule has 0 saturated carbocycles. The maximum Gasteiger partial charge on any atom is 0.0987 e. The van der Waals surface area contributed by atoms with Crippen LogP contribution in [0.1, 0.15) is 6.92 Å². The van der Waals surface area contributed by atoms with Gasteiger partial charge in [-0.15, -0.1) is 11.6 Å². The quantitative estimate of drug-likeness (QED) is 0.307. The van der Waals surface area contributed by atoms with Crippen LogP contribution in [-0.4, -0.2) is 35.3 Å². The van der Waals surface area contributed by atoms with Crippen LogP contribution in [0.25, 0.3) is 10.4 Å². The fourth-order valence-electron chi connectivity index (χ4n) is 1.17. The molecule has 1 saturated heterocycles. The highest BCUT2D eigenvalue weighted by Gasteiger charge is 2.39. The van der Waals surface area contributed by atoms with Crippen LogP contribution in [0.3, 0.4) is 0 Å². The summed E-state index contributed by atoms with van der Waals surface area (Å²) in [6, 6.07) is 0. The molecule has 68 valence electrons. The Morgan fingerprint density at radius 2 is 2.42 bits per heavy atom. The van der Waals surface area contributed by atoms with Crippen molar-refractivity contribution in [2.45, 2.75) is 30.6 Å². The predicted octanol–water partition coefficient (Wildman–Crippen LogP) is 1.05. The van der Waals surface area contributed by atoms with Gasteiger partial charge in [0.15, 0.2) is 0 Å². The lowest BCUT2D eigenvalue weighted by atomic mass is 10.1. The summed E-state index contributed by atoms with van der Waals surface area (Å²) in [6.07, 6.45) is -1.33. The lowest BCUT2D eigenvalue weighted by Crippen LogP contribution is -2.27. The highest BCUT2D eigenvalue weighted by molar-refractivity contribution is 6.21. The first-order valence-corrected chi connectivity index (χ1v) is 4.09. The fourth-order valence-corrected chi connectivity index (χ4v) is 1.51. The van der Waals surface area contributed by atoms with Crippen LogP contribution in [0.15, 0.2) is 5.11 Å². The third-order valence-electron chi connectivity index (χ3n) is 1.88. The van der Waals surface area contributed by atoms with E-state index in [1.54, 1.807) is 6.92 Å². The predicted molar refractivity (Wildman–Crippen MR) is 44.0 cm³/mol. The van der Waals surface area contributed by atoms with Crippen molar-refractivity contribution in [3.05, 3.63) is 10.4 Å². The normalized spacial score (nSPS) is 40.9. The van der Waals surface area contributed by atoms with Crippen LogP contribution < -0.4 is 0 Å². The number of aliphatic hydroxyl groups excluding tert-OH is 1. The van der Waals surface area contributed by atoms with Crippen LogP contribution in [0.4, 0.5) is 0 Å². The van der Waals surface area contributed by atoms with E-state index >= 15 is 0 Å². The molecule has 0 aromatic carbocycles. The Hall–Kier alpha value is -0.480. The van der Waals surface area contributed by atoms with E-state index in [1.807, 2.05) is 0 Å². The molecule has 0 bridgehead atoms. The molecule has 0 aliphatic carbocycles. The zero-order chi connectivity index (χ0) is 9.14. The zero-order valence-corrected chi connectivity index (χ0v) is 7.35. The van der Waals surface area contributed by atoms with E-state index in [9.17, 15) is 5.11 Å². The number of rotatable bonds is 2. The SMILES string of the molecule is CC1OC(CN=[N+]=[N-])C(Cl)C1O. The Balaban J connectivity index is 2.52. The van der Waals surface area contributed by atoms with Gasteiger partial charge in [-0.2, -0.15) is 0 Å². The van der Waals surface area contributed by atoms with Crippen molar-refractivity contribution in [2.75, 3.05) is 6.54 Å². The molecule has 0 aromatic heterocycles. The van der Waals surface area contributed by atoms with Gasteiger partial charge in [-0.1, -0.05) is 5.11 Å². The molecular weight excluding hydrogens is 182 g/mol. The van der Waals surface area contributed by atoms with Crippen molar-refractivity contribution < 1.29 is 9.84 Å².